The van der Waals surface area contributed by atoms with E-state index in [1.54, 1.807) is 0 Å². The van der Waals surface area contributed by atoms with Gasteiger partial charge in [0.2, 0.25) is 0 Å². The van der Waals surface area contributed by atoms with Gasteiger partial charge in [-0.15, -0.1) is 0 Å². The topological polar surface area (TPSA) is 8.17 Å². The van der Waals surface area contributed by atoms with Gasteiger partial charge in [0.1, 0.15) is 0 Å². The molecule has 1 heterocycles. The molecule has 0 aliphatic rings. The molecule has 13 aromatic rings. The Morgan fingerprint density at radius 3 is 1.11 bits per heavy atom. The van der Waals surface area contributed by atoms with Crippen LogP contribution in [0.3, 0.4) is 0 Å². The maximum Gasteiger partial charge on any atom is 0.0541 e. The summed E-state index contributed by atoms with van der Waals surface area (Å²) < 4.78 is 2.37. The summed E-state index contributed by atoms with van der Waals surface area (Å²) >= 11 is 0. The standard InChI is InChI=1S/C68H46N2/c1-4-18-48(19-5-1)57-24-10-11-25-58(57)49-34-41-55(42-35-49)69(54-39-32-47(33-40-54)52-38-45-66-64(46-52)59-26-16-17-31-65(59)70(66)53-22-8-3-9-23-53)56-43-36-51(37-44-56)68-62-29-14-12-27-60(62)67(50-20-6-2-7-21-50)61-28-13-15-30-63(61)68/h1-46H. The summed E-state index contributed by atoms with van der Waals surface area (Å²) in [5.74, 6) is 0. The van der Waals surface area contributed by atoms with Gasteiger partial charge in [0.25, 0.3) is 0 Å². The molecule has 0 amide bonds. The second kappa shape index (κ2) is 17.4. The Morgan fingerprint density at radius 2 is 0.586 bits per heavy atom. The number of nitrogens with zero attached hydrogens (tertiary/aromatic N) is 2. The summed E-state index contributed by atoms with van der Waals surface area (Å²) in [6.07, 6.45) is 0. The smallest absolute Gasteiger partial charge is 0.0541 e. The normalized spacial score (nSPS) is 11.4. The highest BCUT2D eigenvalue weighted by Gasteiger charge is 2.19. The minimum absolute atomic E-state index is 1.08. The molecule has 70 heavy (non-hydrogen) atoms. The van der Waals surface area contributed by atoms with E-state index in [0.717, 1.165) is 22.7 Å². The van der Waals surface area contributed by atoms with Gasteiger partial charge < -0.3 is 9.47 Å². The van der Waals surface area contributed by atoms with Crippen LogP contribution < -0.4 is 4.90 Å². The summed E-state index contributed by atoms with van der Waals surface area (Å²) in [6.45, 7) is 0. The van der Waals surface area contributed by atoms with Crippen molar-refractivity contribution in [3.8, 4) is 61.3 Å². The molecule has 0 fully saturated rings. The number of hydrogen-bond donors (Lipinski definition) is 0. The molecule has 0 unspecified atom stereocenters. The summed E-state index contributed by atoms with van der Waals surface area (Å²) in [6, 6.07) is 102. The minimum Gasteiger partial charge on any atom is -0.311 e. The van der Waals surface area contributed by atoms with E-state index in [0.29, 0.717) is 0 Å². The van der Waals surface area contributed by atoms with Crippen molar-refractivity contribution >= 4 is 60.4 Å². The SMILES string of the molecule is c1ccc(-c2ccccc2-c2ccc(N(c3ccc(-c4ccc5c(c4)c4ccccc4n5-c4ccccc4)cc3)c3ccc(-c4c5ccccc5c(-c5ccccc5)c5ccccc45)cc3)cc2)cc1. The molecule has 0 saturated heterocycles. The van der Waals surface area contributed by atoms with Crippen LogP contribution in [-0.2, 0) is 0 Å². The summed E-state index contributed by atoms with van der Waals surface area (Å²) in [5, 5.41) is 7.49. The Bertz CT molecular complexity index is 3950. The van der Waals surface area contributed by atoms with Crippen LogP contribution in [0.4, 0.5) is 17.1 Å². The molecular formula is C68H46N2. The average Bonchev–Trinajstić information content (AvgIpc) is 3.77. The second-order valence-electron chi connectivity index (χ2n) is 18.0. The van der Waals surface area contributed by atoms with E-state index in [2.05, 4.69) is 289 Å². The second-order valence-corrected chi connectivity index (χ2v) is 18.0. The molecule has 328 valence electrons. The third-order valence-electron chi connectivity index (χ3n) is 14.0. The molecule has 0 radical (unpaired) electrons. The van der Waals surface area contributed by atoms with Crippen LogP contribution >= 0.6 is 0 Å². The molecule has 0 aliphatic heterocycles. The van der Waals surface area contributed by atoms with Crippen molar-refractivity contribution in [1.82, 2.24) is 4.57 Å². The first-order valence-electron chi connectivity index (χ1n) is 24.1. The molecule has 2 heteroatoms. The van der Waals surface area contributed by atoms with Crippen molar-refractivity contribution in [2.24, 2.45) is 0 Å². The van der Waals surface area contributed by atoms with Crippen LogP contribution in [0.2, 0.25) is 0 Å². The highest BCUT2D eigenvalue weighted by molar-refractivity contribution is 6.21. The number of anilines is 3. The monoisotopic (exact) mass is 890 g/mol. The molecule has 12 aromatic carbocycles. The van der Waals surface area contributed by atoms with E-state index in [-0.39, 0.29) is 0 Å². The number of hydrogen-bond acceptors (Lipinski definition) is 1. The quantitative estimate of drug-likeness (QED) is 0.131. The third kappa shape index (κ3) is 7.13. The number of fused-ring (bicyclic) bond motifs is 5. The zero-order valence-electron chi connectivity index (χ0n) is 38.5. The highest BCUT2D eigenvalue weighted by atomic mass is 15.1. The van der Waals surface area contributed by atoms with E-state index in [1.165, 1.54) is 99.0 Å². The van der Waals surface area contributed by atoms with Crippen LogP contribution in [0.1, 0.15) is 0 Å². The number of rotatable bonds is 9. The molecule has 1 aromatic heterocycles. The molecule has 2 nitrogen and oxygen atoms in total. The highest BCUT2D eigenvalue weighted by Crippen LogP contribution is 2.45. The maximum atomic E-state index is 2.38. The van der Waals surface area contributed by atoms with Crippen molar-refractivity contribution < 1.29 is 0 Å². The zero-order valence-corrected chi connectivity index (χ0v) is 38.5. The van der Waals surface area contributed by atoms with Gasteiger partial charge in [-0.2, -0.15) is 0 Å². The van der Waals surface area contributed by atoms with E-state index in [1.807, 2.05) is 0 Å². The molecular weight excluding hydrogens is 845 g/mol. The van der Waals surface area contributed by atoms with Gasteiger partial charge in [-0.05, 0) is 144 Å². The van der Waals surface area contributed by atoms with Crippen molar-refractivity contribution in [2.75, 3.05) is 4.90 Å². The number of para-hydroxylation sites is 2. The van der Waals surface area contributed by atoms with Gasteiger partial charge in [0.05, 0.1) is 11.0 Å². The van der Waals surface area contributed by atoms with Gasteiger partial charge >= 0.3 is 0 Å². The first-order chi connectivity index (χ1) is 34.7. The molecule has 0 bridgehead atoms. The number of benzene rings is 12. The van der Waals surface area contributed by atoms with Crippen LogP contribution in [0, 0.1) is 0 Å². The van der Waals surface area contributed by atoms with Crippen LogP contribution in [0.25, 0.3) is 105 Å². The Kier molecular flexibility index (Phi) is 10.2. The van der Waals surface area contributed by atoms with Gasteiger partial charge in [-0.25, -0.2) is 0 Å². The van der Waals surface area contributed by atoms with Crippen LogP contribution in [-0.4, -0.2) is 4.57 Å². The fourth-order valence-electron chi connectivity index (χ4n) is 10.8. The van der Waals surface area contributed by atoms with Crippen molar-refractivity contribution in [3.05, 3.63) is 279 Å². The van der Waals surface area contributed by atoms with Crippen LogP contribution in [0.5, 0.6) is 0 Å². The Morgan fingerprint density at radius 1 is 0.229 bits per heavy atom. The predicted octanol–water partition coefficient (Wildman–Crippen LogP) is 18.9. The Hall–Kier alpha value is -9.24. The lowest BCUT2D eigenvalue weighted by Crippen LogP contribution is -2.09. The third-order valence-corrected chi connectivity index (χ3v) is 14.0. The molecule has 0 aliphatic carbocycles. The van der Waals surface area contributed by atoms with Crippen molar-refractivity contribution in [3.63, 3.8) is 0 Å². The van der Waals surface area contributed by atoms with Gasteiger partial charge in [-0.1, -0.05) is 212 Å². The molecule has 0 spiro atoms. The first kappa shape index (κ1) is 41.0. The molecule has 0 atom stereocenters. The molecule has 0 N–H and O–H groups in total. The van der Waals surface area contributed by atoms with Crippen molar-refractivity contribution in [1.29, 1.82) is 0 Å². The number of aromatic nitrogens is 1. The lowest BCUT2D eigenvalue weighted by molar-refractivity contribution is 1.18. The predicted molar refractivity (Wildman–Crippen MR) is 298 cm³/mol. The zero-order chi connectivity index (χ0) is 46.4. The average molecular weight is 891 g/mol. The summed E-state index contributed by atoms with van der Waals surface area (Å²) in [4.78, 5) is 2.38. The lowest BCUT2D eigenvalue weighted by atomic mass is 9.86. The van der Waals surface area contributed by atoms with E-state index in [9.17, 15) is 0 Å². The Balaban J connectivity index is 0.919. The first-order valence-corrected chi connectivity index (χ1v) is 24.1. The van der Waals surface area contributed by atoms with E-state index >= 15 is 0 Å². The maximum absolute atomic E-state index is 2.38. The van der Waals surface area contributed by atoms with Gasteiger partial charge in [0, 0.05) is 33.5 Å². The van der Waals surface area contributed by atoms with E-state index < -0.39 is 0 Å². The van der Waals surface area contributed by atoms with Crippen molar-refractivity contribution in [2.45, 2.75) is 0 Å². The van der Waals surface area contributed by atoms with Gasteiger partial charge in [-0.3, -0.25) is 0 Å². The summed E-state index contributed by atoms with van der Waals surface area (Å²) in [5.41, 5.74) is 18.9. The molecule has 13 rings (SSSR count). The van der Waals surface area contributed by atoms with E-state index in [4.69, 9.17) is 0 Å². The van der Waals surface area contributed by atoms with Gasteiger partial charge in [0.15, 0.2) is 0 Å². The molecule has 0 saturated carbocycles. The minimum atomic E-state index is 1.08. The lowest BCUT2D eigenvalue weighted by Gasteiger charge is -2.26. The largest absolute Gasteiger partial charge is 0.311 e. The fraction of sp³-hybridized carbons (Fsp3) is 0. The van der Waals surface area contributed by atoms with Crippen LogP contribution in [0.15, 0.2) is 279 Å². The fourth-order valence-corrected chi connectivity index (χ4v) is 10.8. The Labute approximate surface area is 408 Å². The summed E-state index contributed by atoms with van der Waals surface area (Å²) in [7, 11) is 0.